The molecule has 0 bridgehead atoms. The van der Waals surface area contributed by atoms with Crippen LogP contribution in [0.3, 0.4) is 0 Å². The number of imidazole rings is 1. The molecule has 6 nitrogen and oxygen atoms in total. The van der Waals surface area contributed by atoms with Gasteiger partial charge in [0, 0.05) is 19.3 Å². The van der Waals surface area contributed by atoms with E-state index in [0.717, 1.165) is 31.5 Å². The lowest BCUT2D eigenvalue weighted by Crippen LogP contribution is -2.29. The third-order valence-electron chi connectivity index (χ3n) is 4.26. The maximum Gasteiger partial charge on any atom is 0.417 e. The molecule has 0 aliphatic heterocycles. The van der Waals surface area contributed by atoms with Crippen LogP contribution in [0.4, 0.5) is 13.2 Å². The zero-order valence-electron chi connectivity index (χ0n) is 13.1. The Morgan fingerprint density at radius 1 is 1.36 bits per heavy atom. The zero-order chi connectivity index (χ0) is 17.8. The van der Waals surface area contributed by atoms with Crippen LogP contribution in [0.25, 0.3) is 17.0 Å². The van der Waals surface area contributed by atoms with Crippen molar-refractivity contribution >= 4 is 11.6 Å². The van der Waals surface area contributed by atoms with Crippen molar-refractivity contribution in [3.63, 3.8) is 0 Å². The second-order valence-electron chi connectivity index (χ2n) is 5.99. The van der Waals surface area contributed by atoms with Crippen LogP contribution in [0.2, 0.25) is 0 Å². The van der Waals surface area contributed by atoms with Crippen molar-refractivity contribution in [3.8, 4) is 11.3 Å². The Labute approximate surface area is 139 Å². The lowest BCUT2D eigenvalue weighted by molar-refractivity contribution is -0.137. The van der Waals surface area contributed by atoms with Gasteiger partial charge in [-0.2, -0.15) is 13.2 Å². The van der Waals surface area contributed by atoms with E-state index < -0.39 is 11.7 Å². The number of hydrogen-bond acceptors (Lipinski definition) is 4. The summed E-state index contributed by atoms with van der Waals surface area (Å²) in [6.45, 7) is 0. The molecule has 3 heterocycles. The van der Waals surface area contributed by atoms with Gasteiger partial charge in [0.25, 0.3) is 5.91 Å². The van der Waals surface area contributed by atoms with Crippen molar-refractivity contribution in [3.05, 3.63) is 42.3 Å². The number of pyridine rings is 1. The number of oxazole rings is 1. The van der Waals surface area contributed by atoms with Crippen LogP contribution in [0.1, 0.15) is 28.9 Å². The number of aromatic nitrogens is 3. The van der Waals surface area contributed by atoms with Gasteiger partial charge >= 0.3 is 6.18 Å². The monoisotopic (exact) mass is 350 g/mol. The number of hydrogen-bond donors (Lipinski definition) is 0. The maximum absolute atomic E-state index is 13.3. The Bertz CT molecular complexity index is 942. The van der Waals surface area contributed by atoms with Gasteiger partial charge in [-0.3, -0.25) is 9.20 Å². The van der Waals surface area contributed by atoms with E-state index in [1.54, 1.807) is 7.05 Å². The van der Waals surface area contributed by atoms with Crippen LogP contribution < -0.4 is 0 Å². The highest BCUT2D eigenvalue weighted by molar-refractivity contribution is 5.94. The van der Waals surface area contributed by atoms with E-state index in [1.807, 2.05) is 0 Å². The van der Waals surface area contributed by atoms with Gasteiger partial charge < -0.3 is 9.32 Å². The molecule has 1 aliphatic carbocycles. The van der Waals surface area contributed by atoms with E-state index in [9.17, 15) is 18.0 Å². The first-order chi connectivity index (χ1) is 11.9. The molecule has 1 aliphatic rings. The third kappa shape index (κ3) is 2.65. The molecule has 3 aromatic heterocycles. The molecule has 0 N–H and O–H groups in total. The number of alkyl halides is 3. The van der Waals surface area contributed by atoms with Crippen molar-refractivity contribution in [2.24, 2.45) is 0 Å². The minimum atomic E-state index is -4.57. The smallest absolute Gasteiger partial charge is 0.417 e. The second-order valence-corrected chi connectivity index (χ2v) is 5.99. The van der Waals surface area contributed by atoms with Crippen LogP contribution in [0, 0.1) is 0 Å². The molecule has 0 saturated heterocycles. The molecule has 25 heavy (non-hydrogen) atoms. The van der Waals surface area contributed by atoms with Gasteiger partial charge in [0.2, 0.25) is 0 Å². The van der Waals surface area contributed by atoms with Gasteiger partial charge in [0.15, 0.2) is 12.2 Å². The van der Waals surface area contributed by atoms with Gasteiger partial charge in [0.1, 0.15) is 11.3 Å². The summed E-state index contributed by atoms with van der Waals surface area (Å²) in [5, 5.41) is 0. The Morgan fingerprint density at radius 3 is 2.72 bits per heavy atom. The molecule has 9 heteroatoms. The number of fused-ring (bicyclic) bond motifs is 1. The van der Waals surface area contributed by atoms with E-state index in [0.29, 0.717) is 0 Å². The molecule has 1 saturated carbocycles. The van der Waals surface area contributed by atoms with E-state index in [1.165, 1.54) is 21.7 Å². The molecule has 1 fully saturated rings. The standard InChI is InChI=1S/C16H13F3N4O2/c1-22(10-2-3-10)15(24)12-5-21-14-11(13-6-20-8-25-13)4-9(7-23(12)14)16(17,18)19/h4-8,10H,2-3H2,1H3. The first kappa shape index (κ1) is 15.7. The summed E-state index contributed by atoms with van der Waals surface area (Å²) in [6.07, 6.45) is 1.83. The molecular formula is C16H13F3N4O2. The summed E-state index contributed by atoms with van der Waals surface area (Å²) < 4.78 is 46.2. The molecular weight excluding hydrogens is 337 g/mol. The Morgan fingerprint density at radius 2 is 2.12 bits per heavy atom. The Kier molecular flexibility index (Phi) is 3.34. The zero-order valence-corrected chi connectivity index (χ0v) is 13.1. The van der Waals surface area contributed by atoms with Crippen LogP contribution in [-0.2, 0) is 6.18 Å². The maximum atomic E-state index is 13.3. The van der Waals surface area contributed by atoms with E-state index >= 15 is 0 Å². The van der Waals surface area contributed by atoms with Gasteiger partial charge in [-0.1, -0.05) is 0 Å². The number of carbonyl (C=O) groups excluding carboxylic acids is 1. The molecule has 0 radical (unpaired) electrons. The molecule has 0 spiro atoms. The quantitative estimate of drug-likeness (QED) is 0.727. The normalized spacial score (nSPS) is 14.9. The van der Waals surface area contributed by atoms with E-state index in [-0.39, 0.29) is 34.6 Å². The first-order valence-corrected chi connectivity index (χ1v) is 7.60. The Balaban J connectivity index is 1.92. The fourth-order valence-electron chi connectivity index (χ4n) is 2.74. The topological polar surface area (TPSA) is 63.6 Å². The highest BCUT2D eigenvalue weighted by Gasteiger charge is 2.35. The second kappa shape index (κ2) is 5.33. The summed E-state index contributed by atoms with van der Waals surface area (Å²) >= 11 is 0. The lowest BCUT2D eigenvalue weighted by atomic mass is 10.1. The number of halogens is 3. The largest absolute Gasteiger partial charge is 0.443 e. The number of rotatable bonds is 3. The van der Waals surface area contributed by atoms with Crippen molar-refractivity contribution < 1.29 is 22.4 Å². The third-order valence-corrected chi connectivity index (χ3v) is 4.26. The fourth-order valence-corrected chi connectivity index (χ4v) is 2.74. The highest BCUT2D eigenvalue weighted by Crippen LogP contribution is 2.35. The predicted molar refractivity (Wildman–Crippen MR) is 80.8 cm³/mol. The van der Waals surface area contributed by atoms with Crippen molar-refractivity contribution in [2.45, 2.75) is 25.1 Å². The van der Waals surface area contributed by atoms with E-state index in [4.69, 9.17) is 4.42 Å². The molecule has 4 rings (SSSR count). The minimum Gasteiger partial charge on any atom is -0.443 e. The summed E-state index contributed by atoms with van der Waals surface area (Å²) in [4.78, 5) is 22.0. The van der Waals surface area contributed by atoms with Crippen LogP contribution >= 0.6 is 0 Å². The molecule has 0 atom stereocenters. The van der Waals surface area contributed by atoms with Crippen LogP contribution in [0.15, 0.2) is 35.5 Å². The average molecular weight is 350 g/mol. The SMILES string of the molecule is CN(C(=O)c1cnc2c(-c3cnco3)cc(C(F)(F)F)cn12)C1CC1. The molecule has 1 amide bonds. The van der Waals surface area contributed by atoms with Gasteiger partial charge in [-0.15, -0.1) is 0 Å². The molecule has 130 valence electrons. The van der Waals surface area contributed by atoms with Gasteiger partial charge in [-0.05, 0) is 18.9 Å². The van der Waals surface area contributed by atoms with Crippen LogP contribution in [0.5, 0.6) is 0 Å². The van der Waals surface area contributed by atoms with E-state index in [2.05, 4.69) is 9.97 Å². The number of carbonyl (C=O) groups is 1. The number of amides is 1. The Hall–Kier alpha value is -2.84. The fraction of sp³-hybridized carbons (Fsp3) is 0.312. The summed E-state index contributed by atoms with van der Waals surface area (Å²) in [7, 11) is 1.64. The minimum absolute atomic E-state index is 0.0799. The summed E-state index contributed by atoms with van der Waals surface area (Å²) in [5.41, 5.74) is -0.485. The van der Waals surface area contributed by atoms with Crippen LogP contribution in [-0.4, -0.2) is 38.3 Å². The van der Waals surface area contributed by atoms with Crippen molar-refractivity contribution in [1.29, 1.82) is 0 Å². The summed E-state index contributed by atoms with van der Waals surface area (Å²) in [5.74, 6) is -0.214. The van der Waals surface area contributed by atoms with Gasteiger partial charge in [0.05, 0.1) is 23.5 Å². The van der Waals surface area contributed by atoms with Gasteiger partial charge in [-0.25, -0.2) is 9.97 Å². The number of nitrogens with zero attached hydrogens (tertiary/aromatic N) is 4. The molecule has 3 aromatic rings. The summed E-state index contributed by atoms with van der Waals surface area (Å²) in [6, 6.07) is 1.08. The lowest BCUT2D eigenvalue weighted by Gasteiger charge is -2.16. The first-order valence-electron chi connectivity index (χ1n) is 7.60. The highest BCUT2D eigenvalue weighted by atomic mass is 19.4. The van der Waals surface area contributed by atoms with Crippen molar-refractivity contribution in [1.82, 2.24) is 19.3 Å². The predicted octanol–water partition coefficient (Wildman–Crippen LogP) is 3.24. The molecule has 0 unspecified atom stereocenters. The average Bonchev–Trinajstić information content (AvgIpc) is 3.10. The molecule has 0 aromatic carbocycles. The van der Waals surface area contributed by atoms with Crippen molar-refractivity contribution in [2.75, 3.05) is 7.05 Å².